The van der Waals surface area contributed by atoms with Gasteiger partial charge in [-0.2, -0.15) is 11.8 Å². The van der Waals surface area contributed by atoms with E-state index in [9.17, 15) is 29.1 Å². The summed E-state index contributed by atoms with van der Waals surface area (Å²) in [5.41, 5.74) is 11.3. The molecule has 0 aliphatic heterocycles. The van der Waals surface area contributed by atoms with Crippen molar-refractivity contribution < 1.29 is 39.3 Å². The van der Waals surface area contributed by atoms with Crippen LogP contribution in [-0.2, 0) is 24.0 Å². The topological polar surface area (TPSA) is 234 Å². The summed E-state index contributed by atoms with van der Waals surface area (Å²) in [6, 6.07) is -5.21. The Morgan fingerprint density at radius 3 is 1.94 bits per heavy atom. The smallest absolute Gasteiger partial charge is 0.326 e. The highest BCUT2D eigenvalue weighted by molar-refractivity contribution is 7.98. The van der Waals surface area contributed by atoms with Crippen LogP contribution in [0.4, 0.5) is 0 Å². The number of rotatable bonds is 17. The third-order valence-electron chi connectivity index (χ3n) is 4.36. The summed E-state index contributed by atoms with van der Waals surface area (Å²) >= 11 is 1.51. The number of aliphatic hydroxyl groups excluding tert-OH is 1. The van der Waals surface area contributed by atoms with Crippen LogP contribution in [0.1, 0.15) is 32.1 Å². The van der Waals surface area contributed by atoms with Gasteiger partial charge in [0.1, 0.15) is 18.1 Å². The van der Waals surface area contributed by atoms with Gasteiger partial charge in [0.15, 0.2) is 0 Å². The highest BCUT2D eigenvalue weighted by atomic mass is 32.2. The van der Waals surface area contributed by atoms with Crippen LogP contribution >= 0.6 is 11.8 Å². The van der Waals surface area contributed by atoms with Crippen LogP contribution in [0.15, 0.2) is 0 Å². The average molecular weight is 480 g/mol. The number of unbranched alkanes of at least 4 members (excludes halogenated alkanes) is 1. The summed E-state index contributed by atoms with van der Waals surface area (Å²) in [4.78, 5) is 59.1. The van der Waals surface area contributed by atoms with E-state index in [4.69, 9.17) is 21.7 Å². The van der Waals surface area contributed by atoms with Crippen LogP contribution in [0.25, 0.3) is 0 Å². The number of aliphatic carboxylic acids is 2. The van der Waals surface area contributed by atoms with Crippen LogP contribution in [0.2, 0.25) is 0 Å². The fraction of sp³-hybridized carbons (Fsp3) is 0.722. The van der Waals surface area contributed by atoms with Crippen LogP contribution in [-0.4, -0.2) is 94.3 Å². The minimum atomic E-state index is -1.75. The summed E-state index contributed by atoms with van der Waals surface area (Å²) in [6.45, 7) is -0.509. The second kappa shape index (κ2) is 16.2. The first-order valence-corrected chi connectivity index (χ1v) is 11.4. The van der Waals surface area contributed by atoms with Crippen LogP contribution in [0.3, 0.4) is 0 Å². The molecule has 0 aliphatic carbocycles. The van der Waals surface area contributed by atoms with Crippen molar-refractivity contribution in [3.8, 4) is 0 Å². The number of nitrogens with two attached hydrogens (primary N) is 2. The van der Waals surface area contributed by atoms with E-state index in [-0.39, 0.29) is 6.42 Å². The van der Waals surface area contributed by atoms with Gasteiger partial charge >= 0.3 is 11.9 Å². The molecular weight excluding hydrogens is 446 g/mol. The third kappa shape index (κ3) is 11.8. The third-order valence-corrected chi connectivity index (χ3v) is 5.00. The summed E-state index contributed by atoms with van der Waals surface area (Å²) in [5, 5.41) is 34.0. The summed E-state index contributed by atoms with van der Waals surface area (Å²) in [6.07, 6.45) is 2.63. The minimum Gasteiger partial charge on any atom is -0.481 e. The second-order valence-electron chi connectivity index (χ2n) is 6.97. The fourth-order valence-electron chi connectivity index (χ4n) is 2.53. The number of hydrogen-bond acceptors (Lipinski definition) is 9. The molecule has 0 saturated carbocycles. The first-order valence-electron chi connectivity index (χ1n) is 9.98. The van der Waals surface area contributed by atoms with Crippen molar-refractivity contribution in [3.05, 3.63) is 0 Å². The Kier molecular flexibility index (Phi) is 15.0. The highest BCUT2D eigenvalue weighted by Crippen LogP contribution is 2.05. The molecule has 32 heavy (non-hydrogen) atoms. The molecule has 0 fully saturated rings. The van der Waals surface area contributed by atoms with E-state index in [1.165, 1.54) is 11.8 Å². The predicted octanol–water partition coefficient (Wildman–Crippen LogP) is -2.80. The fourth-order valence-corrected chi connectivity index (χ4v) is 3.02. The number of carboxylic acid groups (broad SMARTS) is 2. The molecule has 0 aliphatic rings. The summed E-state index contributed by atoms with van der Waals surface area (Å²) in [7, 11) is 0. The van der Waals surface area contributed by atoms with Crippen LogP contribution in [0.5, 0.6) is 0 Å². The lowest BCUT2D eigenvalue weighted by Crippen LogP contribution is -2.58. The van der Waals surface area contributed by atoms with Crippen molar-refractivity contribution in [2.45, 2.75) is 56.3 Å². The number of carbonyl (C=O) groups is 5. The summed E-state index contributed by atoms with van der Waals surface area (Å²) in [5.74, 6) is -4.82. The Hall–Kier alpha value is -2.42. The normalized spacial score (nSPS) is 14.5. The van der Waals surface area contributed by atoms with E-state index in [1.54, 1.807) is 0 Å². The minimum absolute atomic E-state index is 0.195. The van der Waals surface area contributed by atoms with Gasteiger partial charge in [-0.3, -0.25) is 19.2 Å². The lowest BCUT2D eigenvalue weighted by atomic mass is 10.1. The maximum absolute atomic E-state index is 12.7. The van der Waals surface area contributed by atoms with E-state index >= 15 is 0 Å². The molecule has 14 heteroatoms. The zero-order valence-corrected chi connectivity index (χ0v) is 18.7. The summed E-state index contributed by atoms with van der Waals surface area (Å²) < 4.78 is 0. The van der Waals surface area contributed by atoms with Crippen molar-refractivity contribution in [1.29, 1.82) is 0 Å². The number of thioether (sulfide) groups is 1. The van der Waals surface area contributed by atoms with Gasteiger partial charge in [-0.25, -0.2) is 4.79 Å². The monoisotopic (exact) mass is 479 g/mol. The molecule has 0 spiro atoms. The maximum Gasteiger partial charge on any atom is 0.326 e. The van der Waals surface area contributed by atoms with Gasteiger partial charge in [-0.1, -0.05) is 0 Å². The lowest BCUT2D eigenvalue weighted by Gasteiger charge is -2.24. The predicted molar refractivity (Wildman–Crippen MR) is 117 cm³/mol. The molecule has 0 heterocycles. The molecule has 0 saturated heterocycles. The number of nitrogens with one attached hydrogen (secondary N) is 3. The van der Waals surface area contributed by atoms with Crippen molar-refractivity contribution in [2.24, 2.45) is 11.5 Å². The molecule has 0 radical (unpaired) electrons. The van der Waals surface area contributed by atoms with E-state index in [0.717, 1.165) is 0 Å². The Morgan fingerprint density at radius 1 is 0.875 bits per heavy atom. The molecule has 0 bridgehead atoms. The zero-order chi connectivity index (χ0) is 24.7. The average Bonchev–Trinajstić information content (AvgIpc) is 2.73. The quantitative estimate of drug-likeness (QED) is 0.0992. The molecule has 10 N–H and O–H groups in total. The number of carboxylic acids is 2. The molecule has 13 nitrogen and oxygen atoms in total. The Morgan fingerprint density at radius 2 is 1.44 bits per heavy atom. The standard InChI is InChI=1S/C18H33N5O8S/c1-32-7-5-10(20)15(27)21-11(4-2-3-6-19)16(28)23-13(9-24)17(29)22-12(18(30)31)8-14(25)26/h10-13,24H,2-9,19-20H2,1H3,(H,21,27)(H,22,29)(H,23,28)(H,25,26)(H,30,31). The van der Waals surface area contributed by atoms with Gasteiger partial charge in [-0.15, -0.1) is 0 Å². The van der Waals surface area contributed by atoms with Gasteiger partial charge < -0.3 is 42.7 Å². The van der Waals surface area contributed by atoms with Crippen LogP contribution < -0.4 is 27.4 Å². The van der Waals surface area contributed by atoms with E-state index in [1.807, 2.05) is 11.6 Å². The first-order chi connectivity index (χ1) is 15.1. The Balaban J connectivity index is 5.21. The molecule has 4 unspecified atom stereocenters. The van der Waals surface area contributed by atoms with Gasteiger partial charge in [0.05, 0.1) is 19.1 Å². The van der Waals surface area contributed by atoms with Crippen molar-refractivity contribution in [3.63, 3.8) is 0 Å². The molecule has 0 rings (SSSR count). The Labute approximate surface area is 190 Å². The molecular formula is C18H33N5O8S. The SMILES string of the molecule is CSCCC(N)C(=O)NC(CCCCN)C(=O)NC(CO)C(=O)NC(CC(=O)O)C(=O)O. The molecule has 0 aromatic carbocycles. The number of hydrogen-bond donors (Lipinski definition) is 8. The van der Waals surface area contributed by atoms with Crippen molar-refractivity contribution in [2.75, 3.05) is 25.2 Å². The number of amides is 3. The maximum atomic E-state index is 12.7. The second-order valence-corrected chi connectivity index (χ2v) is 7.96. The first kappa shape index (κ1) is 29.6. The lowest BCUT2D eigenvalue weighted by molar-refractivity contribution is -0.147. The van der Waals surface area contributed by atoms with E-state index in [2.05, 4.69) is 10.6 Å². The Bertz CT molecular complexity index is 651. The molecule has 0 aromatic rings. The van der Waals surface area contributed by atoms with Gasteiger partial charge in [0, 0.05) is 0 Å². The van der Waals surface area contributed by atoms with Crippen molar-refractivity contribution in [1.82, 2.24) is 16.0 Å². The number of carbonyl (C=O) groups excluding carboxylic acids is 3. The molecule has 4 atom stereocenters. The van der Waals surface area contributed by atoms with Gasteiger partial charge in [0.25, 0.3) is 0 Å². The van der Waals surface area contributed by atoms with E-state index in [0.29, 0.717) is 31.6 Å². The van der Waals surface area contributed by atoms with Crippen LogP contribution in [0, 0.1) is 0 Å². The van der Waals surface area contributed by atoms with Gasteiger partial charge in [-0.05, 0) is 44.2 Å². The van der Waals surface area contributed by atoms with Gasteiger partial charge in [0.2, 0.25) is 17.7 Å². The van der Waals surface area contributed by atoms with E-state index < -0.39 is 66.9 Å². The molecule has 3 amide bonds. The highest BCUT2D eigenvalue weighted by Gasteiger charge is 2.30. The largest absolute Gasteiger partial charge is 0.481 e. The number of aliphatic hydroxyl groups is 1. The zero-order valence-electron chi connectivity index (χ0n) is 17.9. The molecule has 0 aromatic heterocycles. The van der Waals surface area contributed by atoms with Crippen molar-refractivity contribution >= 4 is 41.4 Å². The molecule has 184 valence electrons.